The molecule has 1 amide bonds. The van der Waals surface area contributed by atoms with E-state index in [2.05, 4.69) is 15.3 Å². The van der Waals surface area contributed by atoms with Gasteiger partial charge in [0.05, 0.1) is 22.7 Å². The third-order valence-corrected chi connectivity index (χ3v) is 5.53. The van der Waals surface area contributed by atoms with Gasteiger partial charge in [-0.05, 0) is 36.6 Å². The van der Waals surface area contributed by atoms with Crippen LogP contribution in [0.15, 0.2) is 45.5 Å². The predicted molar refractivity (Wildman–Crippen MR) is 104 cm³/mol. The van der Waals surface area contributed by atoms with E-state index in [1.165, 1.54) is 28.7 Å². The molecule has 4 rings (SSSR count). The number of hydrogen-bond donors (Lipinski definition) is 1. The summed E-state index contributed by atoms with van der Waals surface area (Å²) in [6.45, 7) is 1.76. The zero-order chi connectivity index (χ0) is 19.7. The molecule has 9 heteroatoms. The van der Waals surface area contributed by atoms with E-state index in [-0.39, 0.29) is 12.3 Å². The first-order valence-corrected chi connectivity index (χ1v) is 9.96. The van der Waals surface area contributed by atoms with Gasteiger partial charge in [-0.3, -0.25) is 4.79 Å². The number of anilines is 1. The fraction of sp³-hybridized carbons (Fsp3) is 0.105. The van der Waals surface area contributed by atoms with E-state index >= 15 is 0 Å². The van der Waals surface area contributed by atoms with E-state index in [0.717, 1.165) is 17.0 Å². The van der Waals surface area contributed by atoms with Crippen LogP contribution in [0.1, 0.15) is 11.5 Å². The topological polar surface area (TPSA) is 68.0 Å². The number of hydrogen-bond acceptors (Lipinski definition) is 6. The monoisotopic (exact) mass is 417 g/mol. The minimum absolute atomic E-state index is 0.0425. The molecule has 0 aliphatic carbocycles. The van der Waals surface area contributed by atoms with Crippen LogP contribution in [-0.2, 0) is 11.2 Å². The molecule has 3 heterocycles. The highest BCUT2D eigenvalue weighted by atomic mass is 32.1. The zero-order valence-corrected chi connectivity index (χ0v) is 16.2. The normalized spacial score (nSPS) is 11.0. The van der Waals surface area contributed by atoms with Gasteiger partial charge in [0.15, 0.2) is 16.8 Å². The summed E-state index contributed by atoms with van der Waals surface area (Å²) in [7, 11) is 0. The number of carbonyl (C=O) groups is 1. The molecule has 0 saturated carbocycles. The van der Waals surface area contributed by atoms with Crippen LogP contribution in [0.25, 0.3) is 22.0 Å². The largest absolute Gasteiger partial charge is 0.440 e. The van der Waals surface area contributed by atoms with E-state index in [1.54, 1.807) is 12.3 Å². The highest BCUT2D eigenvalue weighted by molar-refractivity contribution is 7.14. The van der Waals surface area contributed by atoms with Crippen molar-refractivity contribution in [2.75, 3.05) is 5.32 Å². The molecule has 0 unspecified atom stereocenters. The Balaban J connectivity index is 1.45. The van der Waals surface area contributed by atoms with Crippen molar-refractivity contribution in [1.82, 2.24) is 9.97 Å². The lowest BCUT2D eigenvalue weighted by Gasteiger charge is -2.00. The lowest BCUT2D eigenvalue weighted by molar-refractivity contribution is -0.115. The number of oxazole rings is 1. The molecule has 1 N–H and O–H groups in total. The number of carbonyl (C=O) groups excluding carboxylic acids is 1. The lowest BCUT2D eigenvalue weighted by Crippen LogP contribution is -2.15. The van der Waals surface area contributed by atoms with Crippen molar-refractivity contribution < 1.29 is 18.0 Å². The van der Waals surface area contributed by atoms with Gasteiger partial charge in [0.2, 0.25) is 11.8 Å². The van der Waals surface area contributed by atoms with Gasteiger partial charge in [-0.15, -0.1) is 22.7 Å². The molecule has 0 spiro atoms. The van der Waals surface area contributed by atoms with Gasteiger partial charge in [0, 0.05) is 10.9 Å². The van der Waals surface area contributed by atoms with Crippen molar-refractivity contribution in [1.29, 1.82) is 0 Å². The highest BCUT2D eigenvalue weighted by Gasteiger charge is 2.16. The van der Waals surface area contributed by atoms with Crippen molar-refractivity contribution in [2.45, 2.75) is 13.3 Å². The Hall–Kier alpha value is -2.91. The van der Waals surface area contributed by atoms with Crippen LogP contribution in [-0.4, -0.2) is 15.9 Å². The molecule has 0 aliphatic rings. The first kappa shape index (κ1) is 18.5. The van der Waals surface area contributed by atoms with Crippen LogP contribution < -0.4 is 5.32 Å². The minimum atomic E-state index is -0.945. The molecule has 142 valence electrons. The molecule has 0 radical (unpaired) electrons. The smallest absolute Gasteiger partial charge is 0.236 e. The number of aryl methyl sites for hydroxylation is 1. The molecule has 3 aromatic heterocycles. The van der Waals surface area contributed by atoms with Crippen molar-refractivity contribution in [3.8, 4) is 22.0 Å². The van der Waals surface area contributed by atoms with Gasteiger partial charge in [-0.1, -0.05) is 6.07 Å². The van der Waals surface area contributed by atoms with Crippen LogP contribution >= 0.6 is 22.7 Å². The number of thiophene rings is 1. The molecule has 0 bridgehead atoms. The summed E-state index contributed by atoms with van der Waals surface area (Å²) in [5.74, 6) is -1.08. The maximum Gasteiger partial charge on any atom is 0.236 e. The molecular weight excluding hydrogens is 404 g/mol. The second kappa shape index (κ2) is 7.61. The average molecular weight is 417 g/mol. The van der Waals surface area contributed by atoms with Crippen molar-refractivity contribution in [3.05, 3.63) is 64.2 Å². The molecule has 5 nitrogen and oxygen atoms in total. The molecule has 0 aliphatic heterocycles. The van der Waals surface area contributed by atoms with Gasteiger partial charge >= 0.3 is 0 Å². The fourth-order valence-electron chi connectivity index (χ4n) is 2.53. The Morgan fingerprint density at radius 2 is 2.04 bits per heavy atom. The summed E-state index contributed by atoms with van der Waals surface area (Å²) in [6.07, 6.45) is 0.0425. The maximum absolute atomic E-state index is 13.4. The lowest BCUT2D eigenvalue weighted by atomic mass is 10.2. The Kier molecular flexibility index (Phi) is 5.01. The van der Waals surface area contributed by atoms with E-state index in [4.69, 9.17) is 4.42 Å². The van der Waals surface area contributed by atoms with Crippen LogP contribution in [0.3, 0.4) is 0 Å². The number of thiazole rings is 1. The number of amides is 1. The number of nitrogens with zero attached hydrogens (tertiary/aromatic N) is 2. The quantitative estimate of drug-likeness (QED) is 0.479. The fourth-order valence-corrected chi connectivity index (χ4v) is 3.92. The van der Waals surface area contributed by atoms with Gasteiger partial charge in [0.1, 0.15) is 5.76 Å². The molecule has 4 aromatic rings. The van der Waals surface area contributed by atoms with E-state index in [1.807, 2.05) is 17.5 Å². The van der Waals surface area contributed by atoms with Crippen LogP contribution in [0.4, 0.5) is 13.9 Å². The minimum Gasteiger partial charge on any atom is -0.440 e. The number of halogens is 2. The molecular formula is C19H13F2N3O2S2. The first-order valence-electron chi connectivity index (χ1n) is 8.20. The number of rotatable bonds is 5. The van der Waals surface area contributed by atoms with Gasteiger partial charge in [-0.25, -0.2) is 18.7 Å². The Labute approximate surface area is 166 Å². The number of benzene rings is 1. The second-order valence-corrected chi connectivity index (χ2v) is 7.70. The summed E-state index contributed by atoms with van der Waals surface area (Å²) < 4.78 is 32.1. The maximum atomic E-state index is 13.4. The van der Waals surface area contributed by atoms with Crippen LogP contribution in [0, 0.1) is 18.6 Å². The van der Waals surface area contributed by atoms with Crippen molar-refractivity contribution in [3.63, 3.8) is 0 Å². The standard InChI is InChI=1S/C19H13F2N3O2S2/c1-10-14(22-18(26-10)16-3-2-6-27-16)8-17(25)24-19-23-15(9-28-19)11-4-5-12(20)13(21)7-11/h2-7,9H,8H2,1H3,(H,23,24,25). The van der Waals surface area contributed by atoms with E-state index in [9.17, 15) is 13.6 Å². The molecule has 0 fully saturated rings. The summed E-state index contributed by atoms with van der Waals surface area (Å²) in [4.78, 5) is 21.9. The first-order chi connectivity index (χ1) is 13.5. The third kappa shape index (κ3) is 3.85. The summed E-state index contributed by atoms with van der Waals surface area (Å²) >= 11 is 2.71. The van der Waals surface area contributed by atoms with Gasteiger partial charge in [0.25, 0.3) is 0 Å². The average Bonchev–Trinajstić information content (AvgIpc) is 3.39. The van der Waals surface area contributed by atoms with Crippen LogP contribution in [0.2, 0.25) is 0 Å². The SMILES string of the molecule is Cc1oc(-c2cccs2)nc1CC(=O)Nc1nc(-c2ccc(F)c(F)c2)cs1. The van der Waals surface area contributed by atoms with Crippen molar-refractivity contribution in [2.24, 2.45) is 0 Å². The third-order valence-electron chi connectivity index (χ3n) is 3.92. The highest BCUT2D eigenvalue weighted by Crippen LogP contribution is 2.28. The van der Waals surface area contributed by atoms with Gasteiger partial charge < -0.3 is 9.73 Å². The summed E-state index contributed by atoms with van der Waals surface area (Å²) in [6, 6.07) is 7.35. The zero-order valence-electron chi connectivity index (χ0n) is 14.5. The Morgan fingerprint density at radius 3 is 2.79 bits per heavy atom. The Bertz CT molecular complexity index is 1140. The number of aromatic nitrogens is 2. The Morgan fingerprint density at radius 1 is 1.18 bits per heavy atom. The predicted octanol–water partition coefficient (Wildman–Crippen LogP) is 5.29. The molecule has 1 aromatic carbocycles. The van der Waals surface area contributed by atoms with E-state index < -0.39 is 11.6 Å². The second-order valence-electron chi connectivity index (χ2n) is 5.89. The number of nitrogens with one attached hydrogen (secondary N) is 1. The van der Waals surface area contributed by atoms with Gasteiger partial charge in [-0.2, -0.15) is 0 Å². The summed E-state index contributed by atoms with van der Waals surface area (Å²) in [5.41, 5.74) is 1.44. The molecule has 0 atom stereocenters. The summed E-state index contributed by atoms with van der Waals surface area (Å²) in [5, 5.41) is 6.65. The van der Waals surface area contributed by atoms with E-state index in [0.29, 0.717) is 33.7 Å². The van der Waals surface area contributed by atoms with Crippen molar-refractivity contribution >= 4 is 33.7 Å². The molecule has 0 saturated heterocycles. The molecule has 28 heavy (non-hydrogen) atoms. The van der Waals surface area contributed by atoms with Crippen LogP contribution in [0.5, 0.6) is 0 Å².